The molecule has 390 valence electrons. The number of benzene rings is 5. The van der Waals surface area contributed by atoms with Gasteiger partial charge in [-0.15, -0.1) is 23.0 Å². The van der Waals surface area contributed by atoms with E-state index in [1.165, 1.54) is 194 Å². The first-order chi connectivity index (χ1) is 30.3. The summed E-state index contributed by atoms with van der Waals surface area (Å²) in [5.41, 5.74) is 0. The van der Waals surface area contributed by atoms with Gasteiger partial charge in [0.25, 0.3) is 0 Å². The van der Waals surface area contributed by atoms with Gasteiger partial charge in [-0.05, 0) is 146 Å². The van der Waals surface area contributed by atoms with E-state index in [0.29, 0.717) is 0 Å². The third kappa shape index (κ3) is 42.9. The first-order valence-corrected chi connectivity index (χ1v) is 18.0. The molecule has 0 saturated carbocycles. The third-order valence-electron chi connectivity index (χ3n) is 6.67. The molecule has 0 aliphatic heterocycles. The summed E-state index contributed by atoms with van der Waals surface area (Å²) in [5.74, 6) is -0.192. The van der Waals surface area contributed by atoms with E-state index < -0.39 is 0 Å². The minimum atomic E-state index is -0.121. The predicted octanol–water partition coefficient (Wildman–Crippen LogP) is 3.64. The molecule has 0 bridgehead atoms. The average molecular weight is 1170 g/mol. The number of hydrogen-bond acceptors (Lipinski definition) is 20. The molecular weight excluding hydrogens is 1120 g/mol. The zero-order valence-corrected chi connectivity index (χ0v) is 38.6. The number of phenols is 6. The van der Waals surface area contributed by atoms with Crippen LogP contribution in [0.1, 0.15) is 7.43 Å². The number of rotatable bonds is 0. The van der Waals surface area contributed by atoms with Crippen molar-refractivity contribution in [3.05, 3.63) is 194 Å². The van der Waals surface area contributed by atoms with Crippen molar-refractivity contribution in [2.24, 2.45) is 0 Å². The summed E-state index contributed by atoms with van der Waals surface area (Å²) in [6.07, 6.45) is 15.0. The standard InChI is InChI=1S/5C6H6O2.3C6H4O2.CH4.2Ag.4H2O/c8*7-5-1-2-6(8)4-3-5;;;;;;;/h5*1-4,7-8H;3*1-4H;1H4;;;4*1H2/q;;;;;;;;;2*+1;;;;/p-8. The Labute approximate surface area is 438 Å². The molecule has 20 nitrogen and oxygen atoms in total. The van der Waals surface area contributed by atoms with E-state index in [9.17, 15) is 49.2 Å². The van der Waals surface area contributed by atoms with Gasteiger partial charge in [0, 0.05) is 0 Å². The summed E-state index contributed by atoms with van der Waals surface area (Å²) in [4.78, 5) is 61.7. The molecule has 8 rings (SSSR count). The van der Waals surface area contributed by atoms with Crippen molar-refractivity contribution in [2.45, 2.75) is 7.43 Å². The number of ketones is 6. The summed E-state index contributed by atoms with van der Waals surface area (Å²) >= 11 is 0. The van der Waals surface area contributed by atoms with Gasteiger partial charge in [0.05, 0.1) is 0 Å². The normalized spacial score (nSPS) is 11.0. The van der Waals surface area contributed by atoms with Gasteiger partial charge in [-0.3, -0.25) is 28.8 Å². The van der Waals surface area contributed by atoms with Crippen molar-refractivity contribution >= 4 is 34.7 Å². The van der Waals surface area contributed by atoms with Crippen LogP contribution in [0.2, 0.25) is 0 Å². The zero-order valence-electron chi connectivity index (χ0n) is 35.6. The zero-order chi connectivity index (χ0) is 47.9. The quantitative estimate of drug-likeness (QED) is 0.0732. The third-order valence-corrected chi connectivity index (χ3v) is 6.67. The van der Waals surface area contributed by atoms with Crippen LogP contribution in [-0.4, -0.2) is 87.2 Å². The summed E-state index contributed by atoms with van der Waals surface area (Å²) in [6.45, 7) is 0. The summed E-state index contributed by atoms with van der Waals surface area (Å²) < 4.78 is 0. The molecule has 0 radical (unpaired) electrons. The van der Waals surface area contributed by atoms with E-state index in [1.807, 2.05) is 0 Å². The molecule has 22 heteroatoms. The van der Waals surface area contributed by atoms with Crippen LogP contribution in [-0.2, 0) is 73.5 Å². The SMILES string of the molecule is C.O=C1C=CC(=O)C=C1.O=C1C=CC(=O)C=C1.O=C1C=CC(=O)C=C1.Oc1ccc(O)cc1.Oc1ccc(O)cc1.Oc1ccc(O)cc1.[Ag+].[Ag+].[O-]c1ccc([O-])cc1.[O-]c1ccc([O-])cc1.[OH-].[OH-].[OH-].[OH-]. The smallest absolute Gasteiger partial charge is 0.872 e. The molecule has 0 unspecified atom stereocenters. The summed E-state index contributed by atoms with van der Waals surface area (Å²) in [5, 5.41) is 93.0. The van der Waals surface area contributed by atoms with E-state index >= 15 is 0 Å². The molecule has 0 amide bonds. The monoisotopic (exact) mass is 1170 g/mol. The van der Waals surface area contributed by atoms with Gasteiger partial charge >= 0.3 is 44.8 Å². The second kappa shape index (κ2) is 44.4. The number of carbonyl (C=O) groups is 6. The van der Waals surface area contributed by atoms with Gasteiger partial charge in [-0.1, -0.05) is 56.0 Å². The number of carbonyl (C=O) groups excluding carboxylic acids is 6. The molecule has 5 aromatic carbocycles. The van der Waals surface area contributed by atoms with Gasteiger partial charge < -0.3 is 73.0 Å². The van der Waals surface area contributed by atoms with Crippen molar-refractivity contribution < 1.29 is 146 Å². The first-order valence-electron chi connectivity index (χ1n) is 18.0. The Bertz CT molecular complexity index is 1890. The van der Waals surface area contributed by atoms with Crippen molar-refractivity contribution in [3.63, 3.8) is 0 Å². The van der Waals surface area contributed by atoms with E-state index in [1.54, 1.807) is 0 Å². The molecule has 10 N–H and O–H groups in total. The van der Waals surface area contributed by atoms with E-state index in [4.69, 9.17) is 30.6 Å². The van der Waals surface area contributed by atoms with Crippen LogP contribution in [0.4, 0.5) is 0 Å². The second-order valence-electron chi connectivity index (χ2n) is 11.9. The molecule has 0 atom stereocenters. The Morgan fingerprint density at radius 2 is 0.310 bits per heavy atom. The van der Waals surface area contributed by atoms with Crippen LogP contribution < -0.4 is 20.4 Å². The van der Waals surface area contributed by atoms with Gasteiger partial charge in [0.15, 0.2) is 34.7 Å². The van der Waals surface area contributed by atoms with E-state index in [-0.39, 0.29) is 166 Å². The van der Waals surface area contributed by atoms with Gasteiger partial charge in [0.1, 0.15) is 34.5 Å². The van der Waals surface area contributed by atoms with Crippen molar-refractivity contribution in [3.8, 4) is 57.5 Å². The number of phenolic OH excluding ortho intramolecular Hbond substituents is 6. The summed E-state index contributed by atoms with van der Waals surface area (Å²) in [7, 11) is 0. The van der Waals surface area contributed by atoms with Crippen LogP contribution >= 0.6 is 0 Å². The molecule has 3 aliphatic carbocycles. The van der Waals surface area contributed by atoms with Crippen LogP contribution in [0.3, 0.4) is 0 Å². The van der Waals surface area contributed by atoms with Gasteiger partial charge in [0.2, 0.25) is 0 Å². The predicted molar refractivity (Wildman–Crippen MR) is 239 cm³/mol. The molecule has 0 spiro atoms. The van der Waals surface area contributed by atoms with E-state index in [0.717, 1.165) is 0 Å². The maximum absolute atomic E-state index is 10.3. The molecule has 3 aliphatic rings. The minimum Gasteiger partial charge on any atom is -0.872 e. The van der Waals surface area contributed by atoms with E-state index in [2.05, 4.69) is 0 Å². The largest absolute Gasteiger partial charge is 1.00 e. The second-order valence-corrected chi connectivity index (χ2v) is 11.9. The number of hydrogen-bond donors (Lipinski definition) is 6. The molecule has 0 aromatic heterocycles. The molecule has 71 heavy (non-hydrogen) atoms. The fourth-order valence-corrected chi connectivity index (χ4v) is 3.56. The van der Waals surface area contributed by atoms with Crippen LogP contribution in [0, 0.1) is 0 Å². The maximum Gasteiger partial charge on any atom is 1.00 e. The Hall–Kier alpha value is -8.12. The van der Waals surface area contributed by atoms with Crippen LogP contribution in [0.15, 0.2) is 194 Å². The molecule has 0 fully saturated rings. The molecular formula is C49H46Ag2O20-6. The van der Waals surface area contributed by atoms with Crippen molar-refractivity contribution in [2.75, 3.05) is 0 Å². The fraction of sp³-hybridized carbons (Fsp3) is 0.0204. The maximum atomic E-state index is 10.3. The Kier molecular flexibility index (Phi) is 48.2. The Morgan fingerprint density at radius 1 is 0.225 bits per heavy atom. The number of aromatic hydroxyl groups is 6. The van der Waals surface area contributed by atoms with Crippen LogP contribution in [0.5, 0.6) is 57.5 Å². The first kappa shape index (κ1) is 77.1. The van der Waals surface area contributed by atoms with Crippen LogP contribution in [0.25, 0.3) is 0 Å². The van der Waals surface area contributed by atoms with Gasteiger partial charge in [-0.25, -0.2) is 0 Å². The number of allylic oxidation sites excluding steroid dienone is 12. The minimum absolute atomic E-state index is 0. The van der Waals surface area contributed by atoms with Crippen molar-refractivity contribution in [1.29, 1.82) is 0 Å². The molecule has 0 heterocycles. The topological polar surface area (TPSA) is 436 Å². The Balaban J connectivity index is -0.000000130. The average Bonchev–Trinajstić information content (AvgIpc) is 3.28. The summed E-state index contributed by atoms with van der Waals surface area (Å²) in [6, 6.07) is 27.1. The fourth-order valence-electron chi connectivity index (χ4n) is 3.56. The van der Waals surface area contributed by atoms with Crippen molar-refractivity contribution in [1.82, 2.24) is 0 Å². The Morgan fingerprint density at radius 3 is 0.394 bits per heavy atom. The molecule has 0 saturated heterocycles. The van der Waals surface area contributed by atoms with Gasteiger partial charge in [-0.2, -0.15) is 0 Å². The molecule has 5 aromatic rings.